The maximum Gasteiger partial charge on any atom is 0.338 e. The standard InChI is InChI=1S/C28H22BrClN2O4S2/c1-3-35-27(34)24-16(2)31-28-32(25(24)22-5-4-12-37-22)26(33)23(38-28)14-18-13-20(30)10-11-21(18)36-15-17-6-8-19(29)9-7-17/h4-14,25H,3,15H2,1-2H3/b23-14-/t25-/m0/s1. The van der Waals surface area contributed by atoms with Crippen LogP contribution < -0.4 is 19.6 Å². The minimum absolute atomic E-state index is 0.231. The van der Waals surface area contributed by atoms with Gasteiger partial charge in [-0.1, -0.05) is 57.1 Å². The van der Waals surface area contributed by atoms with E-state index in [4.69, 9.17) is 21.1 Å². The molecule has 2 aromatic carbocycles. The number of halogens is 2. The van der Waals surface area contributed by atoms with Gasteiger partial charge < -0.3 is 9.47 Å². The summed E-state index contributed by atoms with van der Waals surface area (Å²) >= 11 is 12.5. The van der Waals surface area contributed by atoms with Crippen LogP contribution in [-0.2, 0) is 16.1 Å². The van der Waals surface area contributed by atoms with E-state index in [2.05, 4.69) is 20.9 Å². The van der Waals surface area contributed by atoms with Crippen LogP contribution in [0.3, 0.4) is 0 Å². The number of carbonyl (C=O) groups excluding carboxylic acids is 1. The van der Waals surface area contributed by atoms with Gasteiger partial charge in [-0.05, 0) is 67.3 Å². The summed E-state index contributed by atoms with van der Waals surface area (Å²) in [5.74, 6) is 0.126. The fraction of sp³-hybridized carbons (Fsp3) is 0.179. The van der Waals surface area contributed by atoms with Crippen molar-refractivity contribution in [2.45, 2.75) is 26.5 Å². The lowest BCUT2D eigenvalue weighted by atomic mass is 10.0. The number of rotatable bonds is 7. The predicted octanol–water partition coefficient (Wildman–Crippen LogP) is 5.85. The zero-order chi connectivity index (χ0) is 26.8. The Morgan fingerprint density at radius 1 is 1.21 bits per heavy atom. The molecule has 0 spiro atoms. The highest BCUT2D eigenvalue weighted by atomic mass is 79.9. The summed E-state index contributed by atoms with van der Waals surface area (Å²) < 4.78 is 14.5. The van der Waals surface area contributed by atoms with Crippen molar-refractivity contribution in [1.82, 2.24) is 4.57 Å². The number of hydrogen-bond donors (Lipinski definition) is 0. The molecule has 0 radical (unpaired) electrons. The molecule has 1 atom stereocenters. The van der Waals surface area contributed by atoms with Crippen LogP contribution in [0.2, 0.25) is 5.02 Å². The molecular weight excluding hydrogens is 608 g/mol. The summed E-state index contributed by atoms with van der Waals surface area (Å²) in [6.45, 7) is 4.12. The quantitative estimate of drug-likeness (QED) is 0.241. The SMILES string of the molecule is CCOC(=O)C1=C(C)N=c2s/c(=C\c3cc(Cl)ccc3OCc3ccc(Br)cc3)c(=O)n2[C@H]1c1cccs1. The van der Waals surface area contributed by atoms with E-state index in [0.717, 1.165) is 14.9 Å². The van der Waals surface area contributed by atoms with E-state index in [0.29, 0.717) is 43.5 Å². The Morgan fingerprint density at radius 3 is 2.71 bits per heavy atom. The fourth-order valence-corrected chi connectivity index (χ4v) is 6.46. The number of nitrogens with zero attached hydrogens (tertiary/aromatic N) is 2. The van der Waals surface area contributed by atoms with Gasteiger partial charge in [0.25, 0.3) is 5.56 Å². The first-order valence-electron chi connectivity index (χ1n) is 11.8. The number of carbonyl (C=O) groups is 1. The Hall–Kier alpha value is -2.98. The molecule has 0 N–H and O–H groups in total. The van der Waals surface area contributed by atoms with Crippen LogP contribution in [0.25, 0.3) is 6.08 Å². The van der Waals surface area contributed by atoms with Gasteiger partial charge in [0.1, 0.15) is 18.4 Å². The Balaban J connectivity index is 1.59. The molecule has 3 heterocycles. The van der Waals surface area contributed by atoms with Crippen molar-refractivity contribution >= 4 is 62.2 Å². The molecule has 0 amide bonds. The lowest BCUT2D eigenvalue weighted by Crippen LogP contribution is -2.39. The first-order valence-corrected chi connectivity index (χ1v) is 14.6. The largest absolute Gasteiger partial charge is 0.488 e. The summed E-state index contributed by atoms with van der Waals surface area (Å²) in [5.41, 5.74) is 2.34. The maximum atomic E-state index is 13.8. The first-order chi connectivity index (χ1) is 18.4. The Labute approximate surface area is 240 Å². The number of esters is 1. The lowest BCUT2D eigenvalue weighted by molar-refractivity contribution is -0.139. The highest BCUT2D eigenvalue weighted by Gasteiger charge is 2.33. The minimum Gasteiger partial charge on any atom is -0.488 e. The van der Waals surface area contributed by atoms with Crippen LogP contribution >= 0.6 is 50.2 Å². The van der Waals surface area contributed by atoms with Crippen LogP contribution in [0.5, 0.6) is 5.75 Å². The number of hydrogen-bond acceptors (Lipinski definition) is 7. The van der Waals surface area contributed by atoms with E-state index in [-0.39, 0.29) is 12.2 Å². The zero-order valence-electron chi connectivity index (χ0n) is 20.4. The van der Waals surface area contributed by atoms with Gasteiger partial charge in [-0.3, -0.25) is 9.36 Å². The smallest absolute Gasteiger partial charge is 0.338 e. The Kier molecular flexibility index (Phi) is 7.99. The van der Waals surface area contributed by atoms with Gasteiger partial charge in [-0.15, -0.1) is 11.3 Å². The van der Waals surface area contributed by atoms with Crippen LogP contribution in [0.15, 0.2) is 85.5 Å². The molecule has 10 heteroatoms. The summed E-state index contributed by atoms with van der Waals surface area (Å²) in [6.07, 6.45) is 1.77. The van der Waals surface area contributed by atoms with E-state index in [1.54, 1.807) is 42.7 Å². The molecule has 1 aliphatic heterocycles. The molecule has 0 fully saturated rings. The summed E-state index contributed by atoms with van der Waals surface area (Å²) in [4.78, 5) is 32.7. The van der Waals surface area contributed by atoms with Gasteiger partial charge in [0.05, 0.1) is 22.4 Å². The molecule has 6 nitrogen and oxygen atoms in total. The highest BCUT2D eigenvalue weighted by Crippen LogP contribution is 2.33. The van der Waals surface area contributed by atoms with Crippen molar-refractivity contribution in [2.24, 2.45) is 4.99 Å². The molecule has 0 aliphatic carbocycles. The van der Waals surface area contributed by atoms with Gasteiger partial charge >= 0.3 is 5.97 Å². The van der Waals surface area contributed by atoms with E-state index in [9.17, 15) is 9.59 Å². The molecule has 0 saturated carbocycles. The van der Waals surface area contributed by atoms with Crippen molar-refractivity contribution in [1.29, 1.82) is 0 Å². The normalized spacial score (nSPS) is 15.3. The topological polar surface area (TPSA) is 69.9 Å². The van der Waals surface area contributed by atoms with E-state index < -0.39 is 12.0 Å². The monoisotopic (exact) mass is 628 g/mol. The third kappa shape index (κ3) is 5.42. The molecule has 4 aromatic rings. The summed E-state index contributed by atoms with van der Waals surface area (Å²) in [7, 11) is 0. The second-order valence-electron chi connectivity index (χ2n) is 8.41. The number of thiazole rings is 1. The summed E-state index contributed by atoms with van der Waals surface area (Å²) in [5, 5.41) is 2.45. The molecule has 1 aliphatic rings. The van der Waals surface area contributed by atoms with Gasteiger partial charge in [0, 0.05) is 19.9 Å². The van der Waals surface area contributed by atoms with E-state index in [1.807, 2.05) is 41.8 Å². The average molecular weight is 630 g/mol. The van der Waals surface area contributed by atoms with Crippen LogP contribution in [0.1, 0.15) is 35.9 Å². The van der Waals surface area contributed by atoms with Crippen LogP contribution in [0.4, 0.5) is 0 Å². The highest BCUT2D eigenvalue weighted by molar-refractivity contribution is 9.10. The van der Waals surface area contributed by atoms with Crippen molar-refractivity contribution < 1.29 is 14.3 Å². The van der Waals surface area contributed by atoms with Crippen molar-refractivity contribution in [3.05, 3.63) is 116 Å². The molecule has 38 heavy (non-hydrogen) atoms. The van der Waals surface area contributed by atoms with Gasteiger partial charge in [0.15, 0.2) is 4.80 Å². The van der Waals surface area contributed by atoms with Gasteiger partial charge in [0.2, 0.25) is 0 Å². The fourth-order valence-electron chi connectivity index (χ4n) is 4.15. The van der Waals surface area contributed by atoms with Crippen molar-refractivity contribution in [3.8, 4) is 5.75 Å². The molecule has 0 bridgehead atoms. The van der Waals surface area contributed by atoms with Crippen molar-refractivity contribution in [2.75, 3.05) is 6.61 Å². The minimum atomic E-state index is -0.611. The maximum absolute atomic E-state index is 13.8. The van der Waals surface area contributed by atoms with Gasteiger partial charge in [-0.25, -0.2) is 9.79 Å². The number of aromatic nitrogens is 1. The number of benzene rings is 2. The van der Waals surface area contributed by atoms with Crippen molar-refractivity contribution in [3.63, 3.8) is 0 Å². The third-order valence-corrected chi connectivity index (χ3v) is 8.57. The first kappa shape index (κ1) is 26.6. The Bertz CT molecular complexity index is 1710. The molecule has 5 rings (SSSR count). The number of allylic oxidation sites excluding steroid dienone is 1. The Morgan fingerprint density at radius 2 is 2.00 bits per heavy atom. The zero-order valence-corrected chi connectivity index (χ0v) is 24.4. The average Bonchev–Trinajstić information content (AvgIpc) is 3.52. The summed E-state index contributed by atoms with van der Waals surface area (Å²) in [6, 6.07) is 16.4. The van der Waals surface area contributed by atoms with Crippen LogP contribution in [-0.4, -0.2) is 17.1 Å². The molecule has 0 saturated heterocycles. The molecule has 194 valence electrons. The molecule has 0 unspecified atom stereocenters. The second kappa shape index (κ2) is 11.4. The molecule has 2 aromatic heterocycles. The predicted molar refractivity (Wildman–Crippen MR) is 155 cm³/mol. The van der Waals surface area contributed by atoms with Crippen LogP contribution in [0, 0.1) is 0 Å². The third-order valence-electron chi connectivity index (χ3n) is 5.90. The van der Waals surface area contributed by atoms with E-state index in [1.165, 1.54) is 22.7 Å². The second-order valence-corrected chi connectivity index (χ2v) is 11.8. The number of fused-ring (bicyclic) bond motifs is 1. The number of ether oxygens (including phenoxy) is 2. The van der Waals surface area contributed by atoms with E-state index >= 15 is 0 Å². The molecular formula is C28H22BrClN2O4S2. The lowest BCUT2D eigenvalue weighted by Gasteiger charge is -2.23. The number of thiophene rings is 1. The van der Waals surface area contributed by atoms with Gasteiger partial charge in [-0.2, -0.15) is 0 Å².